The van der Waals surface area contributed by atoms with E-state index in [4.69, 9.17) is 16.3 Å². The van der Waals surface area contributed by atoms with Gasteiger partial charge in [-0.3, -0.25) is 4.79 Å². The van der Waals surface area contributed by atoms with Crippen LogP contribution >= 0.6 is 11.6 Å². The van der Waals surface area contributed by atoms with E-state index in [0.29, 0.717) is 44.8 Å². The number of hydrogen-bond donors (Lipinski definition) is 1. The minimum atomic E-state index is -0.440. The lowest BCUT2D eigenvalue weighted by atomic mass is 9.83. The lowest BCUT2D eigenvalue weighted by Gasteiger charge is -2.28. The number of ether oxygens (including phenoxy) is 1. The van der Waals surface area contributed by atoms with E-state index in [1.165, 1.54) is 0 Å². The van der Waals surface area contributed by atoms with Gasteiger partial charge in [-0.2, -0.15) is 5.10 Å². The van der Waals surface area contributed by atoms with E-state index in [0.717, 1.165) is 16.5 Å². The van der Waals surface area contributed by atoms with Crippen molar-refractivity contribution in [3.8, 4) is 11.6 Å². The van der Waals surface area contributed by atoms with Crippen molar-refractivity contribution in [3.63, 3.8) is 0 Å². The predicted octanol–water partition coefficient (Wildman–Crippen LogP) is 4.52. The molecule has 8 heteroatoms. The third-order valence-corrected chi connectivity index (χ3v) is 5.88. The predicted molar refractivity (Wildman–Crippen MR) is 117 cm³/mol. The fourth-order valence-corrected chi connectivity index (χ4v) is 4.42. The maximum Gasteiger partial charge on any atom is 0.256 e. The molecule has 4 heterocycles. The monoisotopic (exact) mass is 429 g/mol. The Labute approximate surface area is 181 Å². The maximum atomic E-state index is 13.3. The van der Waals surface area contributed by atoms with Crippen LogP contribution in [0, 0.1) is 13.8 Å². The molecule has 1 aliphatic heterocycles. The first kappa shape index (κ1) is 18.1. The van der Waals surface area contributed by atoms with Crippen molar-refractivity contribution in [2.45, 2.75) is 19.8 Å². The number of aromatic nitrogens is 5. The van der Waals surface area contributed by atoms with Gasteiger partial charge in [0.15, 0.2) is 5.65 Å². The van der Waals surface area contributed by atoms with Gasteiger partial charge in [-0.05, 0) is 43.7 Å². The Morgan fingerprint density at radius 1 is 1.10 bits per heavy atom. The summed E-state index contributed by atoms with van der Waals surface area (Å²) in [7, 11) is 0. The molecule has 2 aromatic carbocycles. The third-order valence-electron chi connectivity index (χ3n) is 5.63. The molecule has 3 aromatic heterocycles. The van der Waals surface area contributed by atoms with Crippen LogP contribution in [0.3, 0.4) is 0 Å². The molecule has 1 aliphatic rings. The van der Waals surface area contributed by atoms with Crippen LogP contribution < -0.4 is 10.3 Å². The second kappa shape index (κ2) is 6.39. The van der Waals surface area contributed by atoms with Crippen LogP contribution in [-0.4, -0.2) is 24.6 Å². The van der Waals surface area contributed by atoms with E-state index in [-0.39, 0.29) is 5.56 Å². The van der Waals surface area contributed by atoms with Gasteiger partial charge in [-0.15, -0.1) is 0 Å². The van der Waals surface area contributed by atoms with Crippen LogP contribution in [0.1, 0.15) is 34.0 Å². The summed E-state index contributed by atoms with van der Waals surface area (Å²) in [6.45, 7) is 3.82. The summed E-state index contributed by atoms with van der Waals surface area (Å²) in [6.07, 6.45) is 1.58. The quantitative estimate of drug-likeness (QED) is 0.415. The van der Waals surface area contributed by atoms with E-state index >= 15 is 0 Å². The largest absolute Gasteiger partial charge is 0.437 e. The SMILES string of the molecule is Cc1ccc2[nH]c(=O)c3c(c2c1)Oc1ncn2nc(C)nc2c1C3c1ccc(Cl)cc1. The highest BCUT2D eigenvalue weighted by Crippen LogP contribution is 2.48. The normalized spacial score (nSPS) is 15.0. The molecule has 1 N–H and O–H groups in total. The molecule has 152 valence electrons. The minimum absolute atomic E-state index is 0.213. The molecule has 0 radical (unpaired) electrons. The number of fused-ring (bicyclic) bond motifs is 6. The highest BCUT2D eigenvalue weighted by molar-refractivity contribution is 6.30. The van der Waals surface area contributed by atoms with Crippen molar-refractivity contribution in [2.75, 3.05) is 0 Å². The first-order chi connectivity index (χ1) is 15.0. The topological polar surface area (TPSA) is 85.2 Å². The number of aryl methyl sites for hydroxylation is 2. The molecule has 6 rings (SSSR count). The second-order valence-corrected chi connectivity index (χ2v) is 8.16. The molecule has 0 aliphatic carbocycles. The highest BCUT2D eigenvalue weighted by Gasteiger charge is 2.36. The van der Waals surface area contributed by atoms with Gasteiger partial charge in [-0.1, -0.05) is 35.4 Å². The number of rotatable bonds is 1. The Morgan fingerprint density at radius 3 is 2.71 bits per heavy atom. The number of H-pyrrole nitrogens is 1. The molecule has 0 saturated heterocycles. The molecule has 7 nitrogen and oxygen atoms in total. The van der Waals surface area contributed by atoms with Crippen LogP contribution in [0.2, 0.25) is 5.02 Å². The molecule has 0 fully saturated rings. The summed E-state index contributed by atoms with van der Waals surface area (Å²) in [5.41, 5.74) is 4.29. The Kier molecular flexibility index (Phi) is 3.73. The Balaban J connectivity index is 1.76. The smallest absolute Gasteiger partial charge is 0.256 e. The van der Waals surface area contributed by atoms with Gasteiger partial charge < -0.3 is 9.72 Å². The van der Waals surface area contributed by atoms with Crippen molar-refractivity contribution in [3.05, 3.63) is 92.2 Å². The fraction of sp³-hybridized carbons (Fsp3) is 0.130. The Hall–Kier alpha value is -3.71. The lowest BCUT2D eigenvalue weighted by molar-refractivity contribution is 0.435. The van der Waals surface area contributed by atoms with Gasteiger partial charge in [-0.25, -0.2) is 14.5 Å². The average Bonchev–Trinajstić information content (AvgIpc) is 3.14. The highest BCUT2D eigenvalue weighted by atomic mass is 35.5. The fourth-order valence-electron chi connectivity index (χ4n) is 4.30. The number of pyridine rings is 1. The van der Waals surface area contributed by atoms with E-state index in [2.05, 4.69) is 20.1 Å². The van der Waals surface area contributed by atoms with Crippen LogP contribution in [0.15, 0.2) is 53.6 Å². The number of nitrogens with one attached hydrogen (secondary N) is 1. The van der Waals surface area contributed by atoms with Crippen molar-refractivity contribution in [1.29, 1.82) is 0 Å². The van der Waals surface area contributed by atoms with Crippen LogP contribution in [0.25, 0.3) is 16.6 Å². The summed E-state index contributed by atoms with van der Waals surface area (Å²) in [5.74, 6) is 1.10. The minimum Gasteiger partial charge on any atom is -0.437 e. The number of hydrogen-bond acceptors (Lipinski definition) is 5. The van der Waals surface area contributed by atoms with E-state index < -0.39 is 5.92 Å². The zero-order valence-corrected chi connectivity index (χ0v) is 17.4. The standard InChI is InChI=1S/C23H16ClN5O2/c1-11-3-8-16-15(9-11)20-18(22(30)27-16)17(13-4-6-14(24)7-5-13)19-21-26-12(2)28-29(21)10-25-23(19)31-20/h3-10,17H,1-2H3,(H,27,30). The van der Waals surface area contributed by atoms with Gasteiger partial charge >= 0.3 is 0 Å². The molecule has 1 unspecified atom stereocenters. The van der Waals surface area contributed by atoms with E-state index in [9.17, 15) is 4.79 Å². The van der Waals surface area contributed by atoms with E-state index in [1.54, 1.807) is 10.8 Å². The molecule has 0 spiro atoms. The van der Waals surface area contributed by atoms with Gasteiger partial charge in [0, 0.05) is 10.4 Å². The van der Waals surface area contributed by atoms with Crippen molar-refractivity contribution in [1.82, 2.24) is 24.6 Å². The van der Waals surface area contributed by atoms with Gasteiger partial charge in [0.25, 0.3) is 5.56 Å². The van der Waals surface area contributed by atoms with Crippen molar-refractivity contribution >= 4 is 28.2 Å². The summed E-state index contributed by atoms with van der Waals surface area (Å²) in [6, 6.07) is 13.3. The lowest BCUT2D eigenvalue weighted by Crippen LogP contribution is -2.24. The molecule has 0 bridgehead atoms. The van der Waals surface area contributed by atoms with Gasteiger partial charge in [0.05, 0.1) is 22.6 Å². The molecule has 0 amide bonds. The first-order valence-electron chi connectivity index (χ1n) is 9.81. The number of nitrogens with zero attached hydrogens (tertiary/aromatic N) is 4. The first-order valence-corrected chi connectivity index (χ1v) is 10.2. The molecular weight excluding hydrogens is 414 g/mol. The summed E-state index contributed by atoms with van der Waals surface area (Å²) < 4.78 is 7.90. The Bertz CT molecular complexity index is 1570. The average molecular weight is 430 g/mol. The molecular formula is C23H16ClN5O2. The van der Waals surface area contributed by atoms with Gasteiger partial charge in [0.2, 0.25) is 5.88 Å². The zero-order chi connectivity index (χ0) is 21.3. The Morgan fingerprint density at radius 2 is 1.90 bits per heavy atom. The molecule has 5 aromatic rings. The van der Waals surface area contributed by atoms with Crippen molar-refractivity contribution < 1.29 is 4.74 Å². The summed E-state index contributed by atoms with van der Waals surface area (Å²) >= 11 is 6.14. The maximum absolute atomic E-state index is 13.3. The van der Waals surface area contributed by atoms with Gasteiger partial charge in [0.1, 0.15) is 17.9 Å². The third kappa shape index (κ3) is 2.67. The second-order valence-electron chi connectivity index (χ2n) is 7.72. The number of benzene rings is 2. The summed E-state index contributed by atoms with van der Waals surface area (Å²) in [4.78, 5) is 25.5. The zero-order valence-electron chi connectivity index (χ0n) is 16.7. The summed E-state index contributed by atoms with van der Waals surface area (Å²) in [5, 5.41) is 5.84. The molecule has 0 saturated carbocycles. The van der Waals surface area contributed by atoms with Crippen LogP contribution in [-0.2, 0) is 0 Å². The number of halogens is 1. The molecule has 31 heavy (non-hydrogen) atoms. The van der Waals surface area contributed by atoms with Crippen molar-refractivity contribution in [2.24, 2.45) is 0 Å². The number of aromatic amines is 1. The van der Waals surface area contributed by atoms with Crippen LogP contribution in [0.5, 0.6) is 11.6 Å². The molecule has 1 atom stereocenters. The van der Waals surface area contributed by atoms with E-state index in [1.807, 2.05) is 56.3 Å². The van der Waals surface area contributed by atoms with Crippen LogP contribution in [0.4, 0.5) is 0 Å².